The van der Waals surface area contributed by atoms with Crippen LogP contribution in [0.25, 0.3) is 0 Å². The van der Waals surface area contributed by atoms with Crippen molar-refractivity contribution in [2.75, 3.05) is 0 Å². The molecule has 0 aromatic heterocycles. The first-order valence-corrected chi connectivity index (χ1v) is 0.658. The van der Waals surface area contributed by atoms with Crippen LogP contribution in [-0.4, -0.2) is 6.08 Å². The van der Waals surface area contributed by atoms with E-state index in [1.807, 2.05) is 0 Å². The maximum Gasteiger partial charge on any atom is 0.435 e. The van der Waals surface area contributed by atoms with E-state index in [0.717, 1.165) is 11.2 Å². The van der Waals surface area contributed by atoms with E-state index in [4.69, 9.17) is 10.0 Å². The van der Waals surface area contributed by atoms with E-state index in [1.54, 1.807) is 0 Å². The van der Waals surface area contributed by atoms with Crippen LogP contribution < -0.4 is 5.16 Å². The third kappa shape index (κ3) is 1.18. The Hall–Kier alpha value is -0.820. The van der Waals surface area contributed by atoms with E-state index in [2.05, 4.69) is 0 Å². The lowest BCUT2D eigenvalue weighted by Gasteiger charge is -1.54. The Morgan fingerprint density at radius 3 is 2.25 bits per heavy atom. The summed E-state index contributed by atoms with van der Waals surface area (Å²) in [5, 5.41) is 9.50. The molecule has 0 fully saturated rings. The Morgan fingerprint density at radius 1 is 2.00 bits per heavy atom. The van der Waals surface area contributed by atoms with Crippen molar-refractivity contribution in [3.63, 3.8) is 0 Å². The summed E-state index contributed by atoms with van der Waals surface area (Å²) in [5.74, 6) is 0. The molecule has 0 aliphatic carbocycles. The monoisotopic (exact) mass is 59.0 g/mol. The van der Waals surface area contributed by atoms with Crippen LogP contribution in [0.1, 0.15) is 0 Å². The molecule has 1 N–H and O–H groups in total. The van der Waals surface area contributed by atoms with Gasteiger partial charge in [-0.25, -0.2) is 0 Å². The van der Waals surface area contributed by atoms with Crippen LogP contribution in [0.5, 0.6) is 0 Å². The molecule has 0 saturated heterocycles. The molecule has 3 heteroatoms. The Balaban J connectivity index is 3.11. The van der Waals surface area contributed by atoms with Gasteiger partial charge in [0.15, 0.2) is 0 Å². The van der Waals surface area contributed by atoms with Gasteiger partial charge in [-0.05, 0) is 0 Å². The molecule has 0 spiro atoms. The van der Waals surface area contributed by atoms with Gasteiger partial charge in [0, 0.05) is 0 Å². The third-order valence-corrected chi connectivity index (χ3v) is 0.0417. The molecule has 0 bridgehead atoms. The first-order chi connectivity index (χ1) is 1.91. The average molecular weight is 59.0 g/mol. The number of isocyanates is 1. The highest BCUT2D eigenvalue weighted by atomic mass is 16.4. The molecule has 0 radical (unpaired) electrons. The highest BCUT2D eigenvalue weighted by Crippen LogP contribution is 0.725. The van der Waals surface area contributed by atoms with E-state index >= 15 is 0 Å². The van der Waals surface area contributed by atoms with Crippen molar-refractivity contribution >= 4 is 6.08 Å². The van der Waals surface area contributed by atoms with Crippen LogP contribution in [-0.2, 0) is 4.79 Å². The molecule has 0 amide bonds. The van der Waals surface area contributed by atoms with Gasteiger partial charge in [-0.1, -0.05) is 0 Å². The second-order valence-electron chi connectivity index (χ2n) is 0.204. The highest BCUT2D eigenvalue weighted by Gasteiger charge is 1.31. The molecule has 0 aromatic rings. The minimum absolute atomic E-state index is 0.875. The lowest BCUT2D eigenvalue weighted by atomic mass is 11.7. The standard InChI is InChI=1S/CHNO2/c3-1-2-4/h2H. The van der Waals surface area contributed by atoms with E-state index in [-0.39, 0.29) is 0 Å². The molecule has 0 heterocycles. The largest absolute Gasteiger partial charge is 0.615 e. The topological polar surface area (TPSA) is 54.1 Å². The second-order valence-corrected chi connectivity index (χ2v) is 0.204. The van der Waals surface area contributed by atoms with Gasteiger partial charge in [0.25, 0.3) is 0 Å². The maximum atomic E-state index is 8.62. The minimum atomic E-state index is 0.875. The number of nitrogens with one attached hydrogen (secondary N) is 1. The van der Waals surface area contributed by atoms with Gasteiger partial charge in [-0.2, -0.15) is 4.79 Å². The van der Waals surface area contributed by atoms with Crippen LogP contribution in [0.4, 0.5) is 0 Å². The predicted octanol–water partition coefficient (Wildman–Crippen LogP) is -2.10. The molecule has 0 aliphatic heterocycles. The summed E-state index contributed by atoms with van der Waals surface area (Å²) in [4.78, 5) is 8.62. The van der Waals surface area contributed by atoms with Crippen molar-refractivity contribution < 1.29 is 9.95 Å². The number of hydrogen-bond acceptors (Lipinski definition) is 2. The highest BCUT2D eigenvalue weighted by molar-refractivity contribution is 5.22. The van der Waals surface area contributed by atoms with E-state index < -0.39 is 0 Å². The molecular weight excluding hydrogens is 58.0 g/mol. The van der Waals surface area contributed by atoms with Crippen molar-refractivity contribution in [1.29, 1.82) is 0 Å². The van der Waals surface area contributed by atoms with Gasteiger partial charge >= 0.3 is 6.08 Å². The summed E-state index contributed by atoms with van der Waals surface area (Å²) in [7, 11) is 0. The number of rotatable bonds is 0. The van der Waals surface area contributed by atoms with Gasteiger partial charge in [0.05, 0.1) is 0 Å². The summed E-state index contributed by atoms with van der Waals surface area (Å²) >= 11 is 0. The third-order valence-electron chi connectivity index (χ3n) is 0.0417. The first kappa shape index (κ1) is 3.18. The van der Waals surface area contributed by atoms with Crippen molar-refractivity contribution in [2.24, 2.45) is 0 Å². The van der Waals surface area contributed by atoms with Crippen molar-refractivity contribution in [2.45, 2.75) is 0 Å². The Kier molecular flexibility index (Phi) is 1.73. The zero-order valence-electron chi connectivity index (χ0n) is 1.82. The second kappa shape index (κ2) is 2.18. The summed E-state index contributed by atoms with van der Waals surface area (Å²) in [5.41, 5.74) is 0. The molecule has 3 nitrogen and oxygen atoms in total. The Bertz CT molecular complexity index is 44.0. The van der Waals surface area contributed by atoms with Gasteiger partial charge in [0.1, 0.15) is 0 Å². The van der Waals surface area contributed by atoms with Gasteiger partial charge in [-0.15, -0.1) is 5.16 Å². The fourth-order valence-corrected chi connectivity index (χ4v) is 0. The van der Waals surface area contributed by atoms with Crippen LogP contribution in [0.2, 0.25) is 0 Å². The minimum Gasteiger partial charge on any atom is -0.615 e. The molecule has 0 unspecified atom stereocenters. The molecule has 0 saturated carbocycles. The lowest BCUT2D eigenvalue weighted by Crippen LogP contribution is -2.57. The van der Waals surface area contributed by atoms with E-state index in [9.17, 15) is 0 Å². The van der Waals surface area contributed by atoms with Crippen LogP contribution in [0.3, 0.4) is 0 Å². The summed E-state index contributed by atoms with van der Waals surface area (Å²) in [6, 6.07) is 0. The van der Waals surface area contributed by atoms with Crippen LogP contribution in [0, 0.1) is 5.21 Å². The van der Waals surface area contributed by atoms with Gasteiger partial charge in [0.2, 0.25) is 0 Å². The summed E-state index contributed by atoms with van der Waals surface area (Å²) < 4.78 is 0. The van der Waals surface area contributed by atoms with Crippen molar-refractivity contribution in [1.82, 2.24) is 0 Å². The fraction of sp³-hybridized carbons (Fsp3) is 0. The van der Waals surface area contributed by atoms with Crippen LogP contribution in [0.15, 0.2) is 0 Å². The van der Waals surface area contributed by atoms with E-state index in [0.29, 0.717) is 0 Å². The Labute approximate surface area is 22.5 Å². The van der Waals surface area contributed by atoms with E-state index in [1.165, 1.54) is 0 Å². The Morgan fingerprint density at radius 2 is 2.25 bits per heavy atom. The average Bonchev–Trinajstić information content (AvgIpc) is 1.37. The first-order valence-electron chi connectivity index (χ1n) is 0.658. The lowest BCUT2D eigenvalue weighted by molar-refractivity contribution is -0.369. The number of hydrogen-bond donors (Lipinski definition) is 1. The fourth-order valence-electron chi connectivity index (χ4n) is 0. The predicted molar refractivity (Wildman–Crippen MR) is 10.0 cm³/mol. The molecular formula is CHNO2. The van der Waals surface area contributed by atoms with Gasteiger partial charge < -0.3 is 5.21 Å². The number of carbonyl (C=O) groups excluding carboxylic acids is 1. The van der Waals surface area contributed by atoms with Crippen molar-refractivity contribution in [3.05, 3.63) is 5.21 Å². The molecule has 0 aliphatic rings. The van der Waals surface area contributed by atoms with Gasteiger partial charge in [-0.3, -0.25) is 0 Å². The molecule has 0 atom stereocenters. The molecule has 4 heavy (non-hydrogen) atoms. The van der Waals surface area contributed by atoms with Crippen molar-refractivity contribution in [3.8, 4) is 0 Å². The summed E-state index contributed by atoms with van der Waals surface area (Å²) in [6.07, 6.45) is 0.875. The maximum absolute atomic E-state index is 8.62. The summed E-state index contributed by atoms with van der Waals surface area (Å²) in [6.45, 7) is 0. The zero-order chi connectivity index (χ0) is 3.41. The smallest absolute Gasteiger partial charge is 0.435 e. The molecule has 0 rings (SSSR count). The zero-order valence-corrected chi connectivity index (χ0v) is 1.82. The molecule has 22 valence electrons. The van der Waals surface area contributed by atoms with Crippen LogP contribution >= 0.6 is 0 Å². The quantitative estimate of drug-likeness (QED) is 0.150. The SMILES string of the molecule is O=C=[NH+][O-]. The molecule has 0 aromatic carbocycles. The normalized spacial score (nSPS) is 4.00.